The standard InChI is InChI=1S/C14H10BrN3O2/c15-12-4-3-11(8-16)14(7-12)17-9-10-1-5-13(6-2-10)18(19)20/h1-7,17H,9H2. The maximum atomic E-state index is 10.6. The molecule has 0 atom stereocenters. The van der Waals surface area contributed by atoms with E-state index in [1.807, 2.05) is 6.07 Å². The number of anilines is 1. The monoisotopic (exact) mass is 331 g/mol. The highest BCUT2D eigenvalue weighted by Gasteiger charge is 2.05. The predicted octanol–water partition coefficient (Wildman–Crippen LogP) is 3.84. The molecule has 0 aliphatic rings. The number of nitriles is 1. The quantitative estimate of drug-likeness (QED) is 0.681. The largest absolute Gasteiger partial charge is 0.380 e. The zero-order valence-corrected chi connectivity index (χ0v) is 11.9. The van der Waals surface area contributed by atoms with Gasteiger partial charge in [0, 0.05) is 23.2 Å². The molecule has 0 saturated heterocycles. The molecule has 5 nitrogen and oxygen atoms in total. The number of nitro benzene ring substituents is 1. The molecule has 0 unspecified atom stereocenters. The smallest absolute Gasteiger partial charge is 0.269 e. The lowest BCUT2D eigenvalue weighted by molar-refractivity contribution is -0.384. The summed E-state index contributed by atoms with van der Waals surface area (Å²) in [6.45, 7) is 0.489. The number of nitro groups is 1. The number of hydrogen-bond donors (Lipinski definition) is 1. The lowest BCUT2D eigenvalue weighted by Crippen LogP contribution is -2.01. The Balaban J connectivity index is 2.11. The summed E-state index contributed by atoms with van der Waals surface area (Å²) in [7, 11) is 0. The first-order valence-corrected chi connectivity index (χ1v) is 6.56. The van der Waals surface area contributed by atoms with Crippen molar-refractivity contribution < 1.29 is 4.92 Å². The average Bonchev–Trinajstić information content (AvgIpc) is 2.45. The highest BCUT2D eigenvalue weighted by Crippen LogP contribution is 2.21. The molecule has 0 aromatic heterocycles. The average molecular weight is 332 g/mol. The molecule has 0 fully saturated rings. The van der Waals surface area contributed by atoms with Gasteiger partial charge < -0.3 is 5.32 Å². The van der Waals surface area contributed by atoms with Crippen molar-refractivity contribution in [1.29, 1.82) is 5.26 Å². The van der Waals surface area contributed by atoms with E-state index in [0.717, 1.165) is 15.7 Å². The first kappa shape index (κ1) is 14.0. The van der Waals surface area contributed by atoms with Gasteiger partial charge in [-0.15, -0.1) is 0 Å². The lowest BCUT2D eigenvalue weighted by Gasteiger charge is -2.08. The van der Waals surface area contributed by atoms with Gasteiger partial charge in [-0.25, -0.2) is 0 Å². The number of rotatable bonds is 4. The number of hydrogen-bond acceptors (Lipinski definition) is 4. The van der Waals surface area contributed by atoms with Crippen molar-refractivity contribution in [3.8, 4) is 6.07 Å². The fourth-order valence-corrected chi connectivity index (χ4v) is 2.05. The molecule has 0 bridgehead atoms. The molecule has 1 N–H and O–H groups in total. The molecule has 20 heavy (non-hydrogen) atoms. The number of halogens is 1. The van der Waals surface area contributed by atoms with Crippen LogP contribution in [-0.2, 0) is 6.54 Å². The van der Waals surface area contributed by atoms with Crippen LogP contribution in [0.4, 0.5) is 11.4 Å². The first-order valence-electron chi connectivity index (χ1n) is 5.77. The van der Waals surface area contributed by atoms with Crippen molar-refractivity contribution in [1.82, 2.24) is 0 Å². The molecule has 0 heterocycles. The van der Waals surface area contributed by atoms with Gasteiger partial charge in [-0.05, 0) is 23.8 Å². The van der Waals surface area contributed by atoms with Crippen LogP contribution in [0.5, 0.6) is 0 Å². The Morgan fingerprint density at radius 2 is 1.95 bits per heavy atom. The Morgan fingerprint density at radius 1 is 1.25 bits per heavy atom. The van der Waals surface area contributed by atoms with Crippen LogP contribution >= 0.6 is 15.9 Å². The van der Waals surface area contributed by atoms with Crippen molar-refractivity contribution >= 4 is 27.3 Å². The van der Waals surface area contributed by atoms with Gasteiger partial charge in [0.2, 0.25) is 0 Å². The summed E-state index contributed by atoms with van der Waals surface area (Å²) in [5.41, 5.74) is 2.24. The van der Waals surface area contributed by atoms with Gasteiger partial charge in [0.1, 0.15) is 6.07 Å². The predicted molar refractivity (Wildman–Crippen MR) is 79.3 cm³/mol. The maximum absolute atomic E-state index is 10.6. The van der Waals surface area contributed by atoms with Crippen LogP contribution in [0.15, 0.2) is 46.9 Å². The Kier molecular flexibility index (Phi) is 4.33. The van der Waals surface area contributed by atoms with Crippen molar-refractivity contribution in [3.63, 3.8) is 0 Å². The summed E-state index contributed by atoms with van der Waals surface area (Å²) in [6.07, 6.45) is 0. The second kappa shape index (κ2) is 6.17. The normalized spacial score (nSPS) is 9.80. The van der Waals surface area contributed by atoms with Crippen molar-refractivity contribution in [3.05, 3.63) is 68.2 Å². The van der Waals surface area contributed by atoms with Crippen LogP contribution in [0, 0.1) is 21.4 Å². The molecule has 0 radical (unpaired) electrons. The van der Waals surface area contributed by atoms with Crippen LogP contribution in [0.3, 0.4) is 0 Å². The van der Waals surface area contributed by atoms with Gasteiger partial charge in [-0.3, -0.25) is 10.1 Å². The van der Waals surface area contributed by atoms with Gasteiger partial charge in [-0.1, -0.05) is 28.1 Å². The summed E-state index contributed by atoms with van der Waals surface area (Å²) >= 11 is 3.35. The Morgan fingerprint density at radius 3 is 2.55 bits per heavy atom. The van der Waals surface area contributed by atoms with Gasteiger partial charge in [0.15, 0.2) is 0 Å². The first-order chi connectivity index (χ1) is 9.60. The Labute approximate surface area is 124 Å². The van der Waals surface area contributed by atoms with E-state index in [-0.39, 0.29) is 5.69 Å². The van der Waals surface area contributed by atoms with Crippen molar-refractivity contribution in [2.75, 3.05) is 5.32 Å². The minimum Gasteiger partial charge on any atom is -0.380 e. The third-order valence-corrected chi connectivity index (χ3v) is 3.23. The zero-order chi connectivity index (χ0) is 14.5. The van der Waals surface area contributed by atoms with E-state index >= 15 is 0 Å². The summed E-state index contributed by atoms with van der Waals surface area (Å²) in [5.74, 6) is 0. The highest BCUT2D eigenvalue weighted by atomic mass is 79.9. The molecule has 2 rings (SSSR count). The minimum absolute atomic E-state index is 0.0638. The fraction of sp³-hybridized carbons (Fsp3) is 0.0714. The third-order valence-electron chi connectivity index (χ3n) is 2.73. The van der Waals surface area contributed by atoms with E-state index in [1.54, 1.807) is 24.3 Å². The minimum atomic E-state index is -0.431. The number of benzene rings is 2. The number of non-ortho nitro benzene ring substituents is 1. The summed E-state index contributed by atoms with van der Waals surface area (Å²) in [4.78, 5) is 10.1. The summed E-state index contributed by atoms with van der Waals surface area (Å²) in [5, 5.41) is 22.7. The molecule has 2 aromatic carbocycles. The molecule has 0 amide bonds. The molecule has 0 aliphatic heterocycles. The maximum Gasteiger partial charge on any atom is 0.269 e. The molecule has 0 aliphatic carbocycles. The van der Waals surface area contributed by atoms with Gasteiger partial charge >= 0.3 is 0 Å². The van der Waals surface area contributed by atoms with E-state index in [2.05, 4.69) is 27.3 Å². The second-order valence-corrected chi connectivity index (χ2v) is 4.99. The molecule has 2 aromatic rings. The Bertz CT molecular complexity index is 678. The Hall–Kier alpha value is -2.39. The van der Waals surface area contributed by atoms with Crippen LogP contribution in [0.25, 0.3) is 0 Å². The van der Waals surface area contributed by atoms with Gasteiger partial charge in [0.25, 0.3) is 5.69 Å². The molecular weight excluding hydrogens is 322 g/mol. The van der Waals surface area contributed by atoms with Crippen LogP contribution in [0.2, 0.25) is 0 Å². The van der Waals surface area contributed by atoms with E-state index < -0.39 is 4.92 Å². The van der Waals surface area contributed by atoms with Gasteiger partial charge in [-0.2, -0.15) is 5.26 Å². The van der Waals surface area contributed by atoms with E-state index in [0.29, 0.717) is 12.1 Å². The van der Waals surface area contributed by atoms with Crippen LogP contribution in [-0.4, -0.2) is 4.92 Å². The van der Waals surface area contributed by atoms with Crippen LogP contribution < -0.4 is 5.32 Å². The number of nitrogens with one attached hydrogen (secondary N) is 1. The lowest BCUT2D eigenvalue weighted by atomic mass is 10.1. The van der Waals surface area contributed by atoms with Gasteiger partial charge in [0.05, 0.1) is 16.2 Å². The fourth-order valence-electron chi connectivity index (χ4n) is 1.69. The topological polar surface area (TPSA) is 79.0 Å². The second-order valence-electron chi connectivity index (χ2n) is 4.08. The molecule has 100 valence electrons. The zero-order valence-electron chi connectivity index (χ0n) is 10.3. The van der Waals surface area contributed by atoms with Crippen molar-refractivity contribution in [2.24, 2.45) is 0 Å². The highest BCUT2D eigenvalue weighted by molar-refractivity contribution is 9.10. The number of nitrogens with zero attached hydrogens (tertiary/aromatic N) is 2. The SMILES string of the molecule is N#Cc1ccc(Br)cc1NCc1ccc([N+](=O)[O-])cc1. The van der Waals surface area contributed by atoms with Crippen LogP contribution in [0.1, 0.15) is 11.1 Å². The van der Waals surface area contributed by atoms with E-state index in [4.69, 9.17) is 5.26 Å². The molecule has 0 spiro atoms. The summed E-state index contributed by atoms with van der Waals surface area (Å²) < 4.78 is 0.877. The molecule has 6 heteroatoms. The van der Waals surface area contributed by atoms with E-state index in [1.165, 1.54) is 12.1 Å². The van der Waals surface area contributed by atoms with E-state index in [9.17, 15) is 10.1 Å². The molecular formula is C14H10BrN3O2. The third kappa shape index (κ3) is 3.33. The summed E-state index contributed by atoms with van der Waals surface area (Å²) in [6, 6.07) is 13.8. The van der Waals surface area contributed by atoms with Crippen molar-refractivity contribution in [2.45, 2.75) is 6.54 Å². The molecule has 0 saturated carbocycles.